The van der Waals surface area contributed by atoms with Crippen LogP contribution in [0.15, 0.2) is 42.1 Å². The maximum absolute atomic E-state index is 13.2. The average molecular weight is 575 g/mol. The van der Waals surface area contributed by atoms with Crippen molar-refractivity contribution in [1.29, 1.82) is 0 Å². The SMILES string of the molecule is COC(=O)[C@H](Cc1c[nH]c2ccccc12)NC(=O)CC[C@@H](C)[C@H]1CC[C@H]2[C@@H]3CC=C4C[C@@H](O)CC[C@]4(C)[C@H]3CC[C@]12C. The summed E-state index contributed by atoms with van der Waals surface area (Å²) < 4.78 is 5.06. The van der Waals surface area contributed by atoms with Crippen LogP contribution in [0.2, 0.25) is 0 Å². The lowest BCUT2D eigenvalue weighted by Crippen LogP contribution is -2.50. The van der Waals surface area contributed by atoms with E-state index in [-0.39, 0.29) is 17.4 Å². The quantitative estimate of drug-likeness (QED) is 0.241. The predicted molar refractivity (Wildman–Crippen MR) is 166 cm³/mol. The molecular weight excluding hydrogens is 524 g/mol. The Kier molecular flexibility index (Phi) is 8.06. The maximum atomic E-state index is 13.2. The van der Waals surface area contributed by atoms with Crippen LogP contribution in [0.5, 0.6) is 0 Å². The van der Waals surface area contributed by atoms with E-state index in [1.165, 1.54) is 44.8 Å². The molecule has 228 valence electrons. The van der Waals surface area contributed by atoms with Gasteiger partial charge in [0.2, 0.25) is 5.91 Å². The van der Waals surface area contributed by atoms with Gasteiger partial charge in [0.25, 0.3) is 0 Å². The van der Waals surface area contributed by atoms with Gasteiger partial charge < -0.3 is 20.1 Å². The van der Waals surface area contributed by atoms with Gasteiger partial charge in [-0.2, -0.15) is 0 Å². The van der Waals surface area contributed by atoms with E-state index in [2.05, 4.69) is 37.1 Å². The zero-order chi connectivity index (χ0) is 29.6. The molecule has 3 N–H and O–H groups in total. The highest BCUT2D eigenvalue weighted by atomic mass is 16.5. The maximum Gasteiger partial charge on any atom is 0.328 e. The highest BCUT2D eigenvalue weighted by Crippen LogP contribution is 2.67. The number of carbonyl (C=O) groups is 2. The molecule has 0 aliphatic heterocycles. The molecule has 1 heterocycles. The number of hydrogen-bond acceptors (Lipinski definition) is 4. The molecule has 1 amide bonds. The van der Waals surface area contributed by atoms with E-state index in [9.17, 15) is 14.7 Å². The van der Waals surface area contributed by atoms with Crippen LogP contribution in [0.4, 0.5) is 0 Å². The van der Waals surface area contributed by atoms with Crippen LogP contribution in [-0.4, -0.2) is 41.2 Å². The second-order valence-corrected chi connectivity index (χ2v) is 14.6. The van der Waals surface area contributed by atoms with Gasteiger partial charge in [-0.3, -0.25) is 4.79 Å². The van der Waals surface area contributed by atoms with Gasteiger partial charge in [0.15, 0.2) is 0 Å². The van der Waals surface area contributed by atoms with Crippen LogP contribution in [-0.2, 0) is 20.7 Å². The van der Waals surface area contributed by atoms with E-state index in [1.807, 2.05) is 30.5 Å². The first-order chi connectivity index (χ1) is 20.1. The van der Waals surface area contributed by atoms with Crippen molar-refractivity contribution in [2.24, 2.45) is 40.4 Å². The fraction of sp³-hybridized carbons (Fsp3) is 0.667. The smallest absolute Gasteiger partial charge is 0.328 e. The van der Waals surface area contributed by atoms with Crippen molar-refractivity contribution in [3.63, 3.8) is 0 Å². The molecule has 6 rings (SSSR count). The monoisotopic (exact) mass is 574 g/mol. The van der Waals surface area contributed by atoms with Gasteiger partial charge >= 0.3 is 5.97 Å². The first-order valence-electron chi connectivity index (χ1n) is 16.4. The van der Waals surface area contributed by atoms with Crippen molar-refractivity contribution >= 4 is 22.8 Å². The Morgan fingerprint density at radius 3 is 2.74 bits per heavy atom. The number of carbonyl (C=O) groups excluding carboxylic acids is 2. The van der Waals surface area contributed by atoms with Gasteiger partial charge in [-0.25, -0.2) is 4.79 Å². The Hall–Kier alpha value is -2.60. The number of H-pyrrole nitrogens is 1. The van der Waals surface area contributed by atoms with Crippen LogP contribution in [0.3, 0.4) is 0 Å². The number of aromatic nitrogens is 1. The van der Waals surface area contributed by atoms with Crippen molar-refractivity contribution in [2.45, 2.75) is 104 Å². The molecule has 6 heteroatoms. The number of hydrogen-bond donors (Lipinski definition) is 3. The molecule has 6 nitrogen and oxygen atoms in total. The Morgan fingerprint density at radius 1 is 1.12 bits per heavy atom. The third-order valence-corrected chi connectivity index (χ3v) is 12.6. The van der Waals surface area contributed by atoms with Crippen LogP contribution in [0.1, 0.15) is 90.5 Å². The fourth-order valence-electron chi connectivity index (χ4n) is 10.3. The number of aliphatic hydroxyl groups is 1. The van der Waals surface area contributed by atoms with E-state index in [1.54, 1.807) is 0 Å². The molecule has 1 aromatic heterocycles. The molecular formula is C36H50N2O4. The fourth-order valence-corrected chi connectivity index (χ4v) is 10.3. The number of benzene rings is 1. The predicted octanol–water partition coefficient (Wildman–Crippen LogP) is 6.72. The van der Waals surface area contributed by atoms with Crippen LogP contribution in [0, 0.1) is 40.4 Å². The molecule has 9 atom stereocenters. The third-order valence-electron chi connectivity index (χ3n) is 12.6. The molecule has 0 unspecified atom stereocenters. The van der Waals surface area contributed by atoms with E-state index < -0.39 is 12.0 Å². The zero-order valence-corrected chi connectivity index (χ0v) is 26.0. The van der Waals surface area contributed by atoms with Gasteiger partial charge in [-0.05, 0) is 110 Å². The van der Waals surface area contributed by atoms with Gasteiger partial charge in [-0.1, -0.05) is 50.6 Å². The normalized spacial score (nSPS) is 35.4. The van der Waals surface area contributed by atoms with Crippen LogP contribution < -0.4 is 5.32 Å². The minimum Gasteiger partial charge on any atom is -0.467 e. The Balaban J connectivity index is 1.08. The molecule has 4 aliphatic carbocycles. The Labute approximate surface area is 251 Å². The first-order valence-corrected chi connectivity index (χ1v) is 16.4. The van der Waals surface area contributed by atoms with Gasteiger partial charge in [0, 0.05) is 29.9 Å². The van der Waals surface area contributed by atoms with E-state index in [0.29, 0.717) is 30.1 Å². The number of para-hydroxylation sites is 1. The lowest BCUT2D eigenvalue weighted by Gasteiger charge is -2.58. The lowest BCUT2D eigenvalue weighted by atomic mass is 9.47. The van der Waals surface area contributed by atoms with Crippen molar-refractivity contribution in [3.8, 4) is 0 Å². The highest BCUT2D eigenvalue weighted by molar-refractivity contribution is 5.87. The summed E-state index contributed by atoms with van der Waals surface area (Å²) in [5.41, 5.74) is 4.16. The molecule has 3 fully saturated rings. The summed E-state index contributed by atoms with van der Waals surface area (Å²) in [6.07, 6.45) is 15.2. The lowest BCUT2D eigenvalue weighted by molar-refractivity contribution is -0.145. The molecule has 2 aromatic rings. The molecule has 0 spiro atoms. The Morgan fingerprint density at radius 2 is 1.93 bits per heavy atom. The first kappa shape index (κ1) is 29.5. The summed E-state index contributed by atoms with van der Waals surface area (Å²) in [6.45, 7) is 7.41. The topological polar surface area (TPSA) is 91.4 Å². The van der Waals surface area contributed by atoms with E-state index in [4.69, 9.17) is 4.74 Å². The summed E-state index contributed by atoms with van der Waals surface area (Å²) in [4.78, 5) is 29.1. The second kappa shape index (κ2) is 11.5. The molecule has 0 bridgehead atoms. The summed E-state index contributed by atoms with van der Waals surface area (Å²) in [5, 5.41) is 14.4. The average Bonchev–Trinajstić information content (AvgIpc) is 3.56. The zero-order valence-electron chi connectivity index (χ0n) is 26.0. The summed E-state index contributed by atoms with van der Waals surface area (Å²) in [7, 11) is 1.38. The van der Waals surface area contributed by atoms with Crippen molar-refractivity contribution in [1.82, 2.24) is 10.3 Å². The third kappa shape index (κ3) is 5.12. The summed E-state index contributed by atoms with van der Waals surface area (Å²) >= 11 is 0. The molecule has 1 aromatic carbocycles. The molecule has 4 aliphatic rings. The largest absolute Gasteiger partial charge is 0.467 e. The molecule has 0 saturated heterocycles. The number of amides is 1. The molecule has 0 radical (unpaired) electrons. The van der Waals surface area contributed by atoms with E-state index >= 15 is 0 Å². The van der Waals surface area contributed by atoms with Crippen LogP contribution in [0.25, 0.3) is 10.9 Å². The van der Waals surface area contributed by atoms with Crippen LogP contribution >= 0.6 is 0 Å². The number of fused-ring (bicyclic) bond motifs is 6. The standard InChI is InChI=1S/C36H50N2O4/c1-22(9-14-33(40)38-32(34(41)42-4)19-23-21-37-31-8-6-5-7-26(23)31)28-12-13-29-27-11-10-24-20-25(39)15-17-35(24,2)30(27)16-18-36(28,29)3/h5-8,10,21-22,25,27-30,32,37,39H,9,11-20H2,1-4H3,(H,38,40)/t22-,25+,27+,28-,29+,30+,32+,35+,36-/m1/s1. The number of nitrogens with one attached hydrogen (secondary N) is 2. The van der Waals surface area contributed by atoms with Gasteiger partial charge in [-0.15, -0.1) is 0 Å². The number of aromatic amines is 1. The number of esters is 1. The van der Waals surface area contributed by atoms with Crippen molar-refractivity contribution in [3.05, 3.63) is 47.7 Å². The number of rotatable bonds is 8. The van der Waals surface area contributed by atoms with Gasteiger partial charge in [0.1, 0.15) is 6.04 Å². The summed E-state index contributed by atoms with van der Waals surface area (Å²) in [6, 6.07) is 7.30. The number of aliphatic hydroxyl groups excluding tert-OH is 1. The van der Waals surface area contributed by atoms with Crippen molar-refractivity contribution < 1.29 is 19.4 Å². The number of ether oxygens (including phenoxy) is 1. The van der Waals surface area contributed by atoms with E-state index in [0.717, 1.165) is 59.9 Å². The number of methoxy groups -OCH3 is 1. The molecule has 3 saturated carbocycles. The second-order valence-electron chi connectivity index (χ2n) is 14.6. The highest BCUT2D eigenvalue weighted by Gasteiger charge is 2.59. The minimum absolute atomic E-state index is 0.0714. The summed E-state index contributed by atoms with van der Waals surface area (Å²) in [5.74, 6) is 2.86. The van der Waals surface area contributed by atoms with Gasteiger partial charge in [0.05, 0.1) is 13.2 Å². The number of allylic oxidation sites excluding steroid dienone is 1. The van der Waals surface area contributed by atoms with Crippen molar-refractivity contribution in [2.75, 3.05) is 7.11 Å². The Bertz CT molecular complexity index is 1350. The minimum atomic E-state index is -0.702. The molecule has 42 heavy (non-hydrogen) atoms.